The second-order valence-electron chi connectivity index (χ2n) is 6.99. The van der Waals surface area contributed by atoms with Crippen LogP contribution in [0.2, 0.25) is 0 Å². The molecule has 1 fully saturated rings. The van der Waals surface area contributed by atoms with E-state index >= 15 is 0 Å². The van der Waals surface area contributed by atoms with E-state index in [-0.39, 0.29) is 17.9 Å². The molecule has 2 amide bonds. The molecular weight excluding hydrogens is 292 g/mol. The summed E-state index contributed by atoms with van der Waals surface area (Å²) in [6, 6.07) is 9.65. The lowest BCUT2D eigenvalue weighted by molar-refractivity contribution is -0.125. The Morgan fingerprint density at radius 1 is 1.17 bits per heavy atom. The summed E-state index contributed by atoms with van der Waals surface area (Å²) in [5.41, 5.74) is 0.531. The van der Waals surface area contributed by atoms with Crippen LogP contribution < -0.4 is 10.6 Å². The third-order valence-electron chi connectivity index (χ3n) is 3.86. The van der Waals surface area contributed by atoms with Crippen molar-refractivity contribution in [2.75, 3.05) is 0 Å². The third kappa shape index (κ3) is 5.58. The van der Waals surface area contributed by atoms with Gasteiger partial charge in [-0.25, -0.2) is 4.79 Å². The molecule has 1 aliphatic carbocycles. The average Bonchev–Trinajstić information content (AvgIpc) is 2.92. The molecule has 2 rings (SSSR count). The predicted molar refractivity (Wildman–Crippen MR) is 88.8 cm³/mol. The van der Waals surface area contributed by atoms with Crippen LogP contribution in [0.1, 0.15) is 45.6 Å². The standard InChI is InChI=1S/C18H26N2O3/c1-18(2,3)23-17(22)20-15-11-7-10-14(15)16(21)19-12-13-8-5-4-6-9-13/h4-6,8-9,14-15H,7,10-12H2,1-3H3,(H,19,21)(H,20,22)/t14-,15+/m1/s1. The highest BCUT2D eigenvalue weighted by Crippen LogP contribution is 2.26. The maximum Gasteiger partial charge on any atom is 0.407 e. The minimum atomic E-state index is -0.534. The van der Waals surface area contributed by atoms with Crippen LogP contribution in [-0.4, -0.2) is 23.6 Å². The largest absolute Gasteiger partial charge is 0.444 e. The van der Waals surface area contributed by atoms with Gasteiger partial charge in [0.05, 0.1) is 5.92 Å². The number of carbonyl (C=O) groups is 2. The van der Waals surface area contributed by atoms with Gasteiger partial charge in [0.1, 0.15) is 5.60 Å². The molecule has 2 atom stereocenters. The van der Waals surface area contributed by atoms with Crippen molar-refractivity contribution < 1.29 is 14.3 Å². The Balaban J connectivity index is 1.85. The first-order valence-electron chi connectivity index (χ1n) is 8.16. The van der Waals surface area contributed by atoms with Gasteiger partial charge in [0.25, 0.3) is 0 Å². The van der Waals surface area contributed by atoms with Crippen LogP contribution in [0.15, 0.2) is 30.3 Å². The summed E-state index contributed by atoms with van der Waals surface area (Å²) in [7, 11) is 0. The normalized spacial score (nSPS) is 20.8. The molecule has 0 bridgehead atoms. The quantitative estimate of drug-likeness (QED) is 0.897. The van der Waals surface area contributed by atoms with Crippen molar-refractivity contribution in [1.29, 1.82) is 0 Å². The Hall–Kier alpha value is -2.04. The number of hydrogen-bond acceptors (Lipinski definition) is 3. The van der Waals surface area contributed by atoms with E-state index < -0.39 is 11.7 Å². The zero-order valence-electron chi connectivity index (χ0n) is 14.1. The van der Waals surface area contributed by atoms with Crippen LogP contribution in [-0.2, 0) is 16.1 Å². The molecule has 23 heavy (non-hydrogen) atoms. The zero-order chi connectivity index (χ0) is 16.9. The number of benzene rings is 1. The van der Waals surface area contributed by atoms with Gasteiger partial charge < -0.3 is 15.4 Å². The minimum Gasteiger partial charge on any atom is -0.444 e. The molecule has 0 radical (unpaired) electrons. The van der Waals surface area contributed by atoms with Gasteiger partial charge in [-0.3, -0.25) is 4.79 Å². The molecule has 1 aromatic rings. The molecule has 5 nitrogen and oxygen atoms in total. The molecule has 1 saturated carbocycles. The van der Waals surface area contributed by atoms with Gasteiger partial charge in [-0.15, -0.1) is 0 Å². The second-order valence-corrected chi connectivity index (χ2v) is 6.99. The molecular formula is C18H26N2O3. The van der Waals surface area contributed by atoms with Crippen molar-refractivity contribution in [2.24, 2.45) is 5.92 Å². The third-order valence-corrected chi connectivity index (χ3v) is 3.86. The van der Waals surface area contributed by atoms with Crippen LogP contribution >= 0.6 is 0 Å². The number of ether oxygens (including phenoxy) is 1. The van der Waals surface area contributed by atoms with Gasteiger partial charge in [-0.05, 0) is 39.2 Å². The maximum atomic E-state index is 12.4. The Morgan fingerprint density at radius 2 is 1.87 bits per heavy atom. The molecule has 0 aliphatic heterocycles. The van der Waals surface area contributed by atoms with Crippen LogP contribution in [0.25, 0.3) is 0 Å². The van der Waals surface area contributed by atoms with E-state index in [4.69, 9.17) is 4.74 Å². The fourth-order valence-corrected chi connectivity index (χ4v) is 2.82. The zero-order valence-corrected chi connectivity index (χ0v) is 14.1. The highest BCUT2D eigenvalue weighted by Gasteiger charge is 2.34. The SMILES string of the molecule is CC(C)(C)OC(=O)N[C@H]1CCC[C@H]1C(=O)NCc1ccccc1. The molecule has 0 unspecified atom stereocenters. The fraction of sp³-hybridized carbons (Fsp3) is 0.556. The van der Waals surface area contributed by atoms with E-state index in [1.807, 2.05) is 51.1 Å². The van der Waals surface area contributed by atoms with Crippen LogP contribution in [0, 0.1) is 5.92 Å². The molecule has 0 heterocycles. The highest BCUT2D eigenvalue weighted by molar-refractivity contribution is 5.80. The topological polar surface area (TPSA) is 67.4 Å². The first-order valence-corrected chi connectivity index (χ1v) is 8.16. The van der Waals surface area contributed by atoms with E-state index in [0.29, 0.717) is 6.54 Å². The maximum absolute atomic E-state index is 12.4. The van der Waals surface area contributed by atoms with Crippen molar-refractivity contribution in [2.45, 2.75) is 58.2 Å². The van der Waals surface area contributed by atoms with E-state index in [1.54, 1.807) is 0 Å². The van der Waals surface area contributed by atoms with Crippen LogP contribution in [0.4, 0.5) is 4.79 Å². The minimum absolute atomic E-state index is 0.00703. The summed E-state index contributed by atoms with van der Waals surface area (Å²) in [4.78, 5) is 24.3. The molecule has 2 N–H and O–H groups in total. The molecule has 126 valence electrons. The van der Waals surface area contributed by atoms with Crippen molar-refractivity contribution >= 4 is 12.0 Å². The molecule has 0 saturated heterocycles. The average molecular weight is 318 g/mol. The van der Waals surface area contributed by atoms with Crippen molar-refractivity contribution in [3.05, 3.63) is 35.9 Å². The Bertz CT molecular complexity index is 537. The van der Waals surface area contributed by atoms with Crippen molar-refractivity contribution in [3.8, 4) is 0 Å². The first-order chi connectivity index (χ1) is 10.8. The van der Waals surface area contributed by atoms with E-state index in [9.17, 15) is 9.59 Å². The summed E-state index contributed by atoms with van der Waals surface area (Å²) in [6.07, 6.45) is 2.08. The molecule has 1 aromatic carbocycles. The van der Waals surface area contributed by atoms with Gasteiger partial charge >= 0.3 is 6.09 Å². The lowest BCUT2D eigenvalue weighted by atomic mass is 10.0. The van der Waals surface area contributed by atoms with Gasteiger partial charge in [-0.1, -0.05) is 36.8 Å². The molecule has 5 heteroatoms. The van der Waals surface area contributed by atoms with Gasteiger partial charge in [0.2, 0.25) is 5.91 Å². The summed E-state index contributed by atoms with van der Waals surface area (Å²) >= 11 is 0. The monoisotopic (exact) mass is 318 g/mol. The number of rotatable bonds is 4. The number of alkyl carbamates (subject to hydrolysis) is 1. The number of amides is 2. The summed E-state index contributed by atoms with van der Waals surface area (Å²) in [5, 5.41) is 5.80. The molecule has 1 aliphatic rings. The Kier molecular flexibility index (Phi) is 5.64. The van der Waals surface area contributed by atoms with E-state index in [1.165, 1.54) is 0 Å². The Labute approximate surface area is 137 Å². The number of hydrogen-bond donors (Lipinski definition) is 2. The smallest absolute Gasteiger partial charge is 0.407 e. The molecule has 0 aromatic heterocycles. The lowest BCUT2D eigenvalue weighted by Crippen LogP contribution is -2.45. The highest BCUT2D eigenvalue weighted by atomic mass is 16.6. The number of nitrogens with one attached hydrogen (secondary N) is 2. The summed E-state index contributed by atoms with van der Waals surface area (Å²) in [6.45, 7) is 5.98. The summed E-state index contributed by atoms with van der Waals surface area (Å²) in [5.74, 6) is -0.196. The number of carbonyl (C=O) groups excluding carboxylic acids is 2. The van der Waals surface area contributed by atoms with Gasteiger partial charge in [-0.2, -0.15) is 0 Å². The lowest BCUT2D eigenvalue weighted by Gasteiger charge is -2.24. The fourth-order valence-electron chi connectivity index (χ4n) is 2.82. The van der Waals surface area contributed by atoms with Crippen molar-refractivity contribution in [1.82, 2.24) is 10.6 Å². The van der Waals surface area contributed by atoms with Gasteiger partial charge in [0, 0.05) is 12.6 Å². The molecule has 0 spiro atoms. The summed E-state index contributed by atoms with van der Waals surface area (Å²) < 4.78 is 5.28. The van der Waals surface area contributed by atoms with Crippen LogP contribution in [0.3, 0.4) is 0 Å². The van der Waals surface area contributed by atoms with E-state index in [2.05, 4.69) is 10.6 Å². The first kappa shape index (κ1) is 17.3. The Morgan fingerprint density at radius 3 is 2.52 bits per heavy atom. The van der Waals surface area contributed by atoms with Gasteiger partial charge in [0.15, 0.2) is 0 Å². The second kappa shape index (κ2) is 7.49. The van der Waals surface area contributed by atoms with E-state index in [0.717, 1.165) is 24.8 Å². The predicted octanol–water partition coefficient (Wildman–Crippen LogP) is 3.00. The van der Waals surface area contributed by atoms with Crippen LogP contribution in [0.5, 0.6) is 0 Å². The van der Waals surface area contributed by atoms with Crippen molar-refractivity contribution in [3.63, 3.8) is 0 Å².